The van der Waals surface area contributed by atoms with E-state index in [-0.39, 0.29) is 0 Å². The fraction of sp³-hybridized carbons (Fsp3) is 0.857. The summed E-state index contributed by atoms with van der Waals surface area (Å²) in [5, 5.41) is 0. The molecular formula is C14H24. The first-order valence-electron chi connectivity index (χ1n) is 6.24. The second-order valence-electron chi connectivity index (χ2n) is 6.31. The maximum absolute atomic E-state index is 2.49. The first kappa shape index (κ1) is 10.3. The summed E-state index contributed by atoms with van der Waals surface area (Å²) in [6.07, 6.45) is 12.1. The summed E-state index contributed by atoms with van der Waals surface area (Å²) in [5.41, 5.74) is 0.534. The van der Waals surface area contributed by atoms with Crippen LogP contribution in [0.4, 0.5) is 0 Å². The van der Waals surface area contributed by atoms with Crippen molar-refractivity contribution in [1.29, 1.82) is 0 Å². The van der Waals surface area contributed by atoms with Crippen LogP contribution in [0.5, 0.6) is 0 Å². The molecule has 0 aromatic carbocycles. The lowest BCUT2D eigenvalue weighted by atomic mass is 9.63. The Balaban J connectivity index is 2.01. The fourth-order valence-electron chi connectivity index (χ4n) is 3.24. The van der Waals surface area contributed by atoms with Crippen LogP contribution in [0.25, 0.3) is 0 Å². The molecule has 0 spiro atoms. The lowest BCUT2D eigenvalue weighted by Crippen LogP contribution is -2.32. The molecule has 0 heterocycles. The Morgan fingerprint density at radius 3 is 2.57 bits per heavy atom. The molecule has 0 radical (unpaired) electrons. The summed E-state index contributed by atoms with van der Waals surface area (Å²) in [5.74, 6) is 2.91. The van der Waals surface area contributed by atoms with E-state index in [1.807, 2.05) is 0 Å². The van der Waals surface area contributed by atoms with Crippen LogP contribution in [-0.2, 0) is 0 Å². The average Bonchev–Trinajstić information content (AvgIpc) is 2.16. The van der Waals surface area contributed by atoms with Gasteiger partial charge in [-0.1, -0.05) is 32.9 Å². The van der Waals surface area contributed by atoms with E-state index in [1.54, 1.807) is 0 Å². The summed E-state index contributed by atoms with van der Waals surface area (Å²) in [6, 6.07) is 0. The first-order chi connectivity index (χ1) is 6.57. The minimum atomic E-state index is 0.534. The molecule has 80 valence electrons. The van der Waals surface area contributed by atoms with Crippen molar-refractivity contribution >= 4 is 0 Å². The molecule has 2 aliphatic rings. The van der Waals surface area contributed by atoms with Gasteiger partial charge in [0.1, 0.15) is 0 Å². The number of hydrogen-bond donors (Lipinski definition) is 0. The highest BCUT2D eigenvalue weighted by atomic mass is 14.4. The summed E-state index contributed by atoms with van der Waals surface area (Å²) in [6.45, 7) is 7.24. The Kier molecular flexibility index (Phi) is 2.72. The predicted molar refractivity (Wildman–Crippen MR) is 62.2 cm³/mol. The number of rotatable bonds is 0. The standard InChI is InChI=1S/C14H24/c1-14(2,3)13-9-8-11-6-4-5-7-12(11)10-13/h4,6,11-13H,5,7-10H2,1-3H3. The van der Waals surface area contributed by atoms with E-state index in [4.69, 9.17) is 0 Å². The van der Waals surface area contributed by atoms with Gasteiger partial charge >= 0.3 is 0 Å². The topological polar surface area (TPSA) is 0 Å². The summed E-state index contributed by atoms with van der Waals surface area (Å²) in [7, 11) is 0. The van der Waals surface area contributed by atoms with Crippen LogP contribution in [-0.4, -0.2) is 0 Å². The minimum Gasteiger partial charge on any atom is -0.0882 e. The van der Waals surface area contributed by atoms with Gasteiger partial charge in [-0.05, 0) is 55.3 Å². The van der Waals surface area contributed by atoms with E-state index >= 15 is 0 Å². The zero-order chi connectivity index (χ0) is 10.2. The van der Waals surface area contributed by atoms with Gasteiger partial charge in [-0.25, -0.2) is 0 Å². The molecule has 1 fully saturated rings. The molecule has 0 aromatic rings. The average molecular weight is 192 g/mol. The number of allylic oxidation sites excluding steroid dienone is 2. The zero-order valence-corrected chi connectivity index (χ0v) is 9.92. The Morgan fingerprint density at radius 2 is 1.86 bits per heavy atom. The fourth-order valence-corrected chi connectivity index (χ4v) is 3.24. The summed E-state index contributed by atoms with van der Waals surface area (Å²) >= 11 is 0. The predicted octanol–water partition coefficient (Wildman–Crippen LogP) is 4.42. The van der Waals surface area contributed by atoms with Crippen molar-refractivity contribution in [3.05, 3.63) is 12.2 Å². The minimum absolute atomic E-state index is 0.534. The van der Waals surface area contributed by atoms with Gasteiger partial charge in [0, 0.05) is 0 Å². The molecule has 0 aromatic heterocycles. The molecule has 1 saturated carbocycles. The van der Waals surface area contributed by atoms with Gasteiger partial charge < -0.3 is 0 Å². The number of hydrogen-bond acceptors (Lipinski definition) is 0. The van der Waals surface area contributed by atoms with Crippen LogP contribution in [0.2, 0.25) is 0 Å². The highest BCUT2D eigenvalue weighted by Crippen LogP contribution is 2.45. The third kappa shape index (κ3) is 2.04. The van der Waals surface area contributed by atoms with Crippen LogP contribution >= 0.6 is 0 Å². The second-order valence-corrected chi connectivity index (χ2v) is 6.31. The molecule has 0 aliphatic heterocycles. The highest BCUT2D eigenvalue weighted by Gasteiger charge is 2.35. The quantitative estimate of drug-likeness (QED) is 0.499. The summed E-state index contributed by atoms with van der Waals surface area (Å²) in [4.78, 5) is 0. The Hall–Kier alpha value is -0.260. The lowest BCUT2D eigenvalue weighted by Gasteiger charge is -2.42. The van der Waals surface area contributed by atoms with E-state index in [2.05, 4.69) is 32.9 Å². The Labute approximate surface area is 88.8 Å². The zero-order valence-electron chi connectivity index (χ0n) is 9.92. The van der Waals surface area contributed by atoms with Gasteiger partial charge in [-0.2, -0.15) is 0 Å². The van der Waals surface area contributed by atoms with E-state index in [9.17, 15) is 0 Å². The smallest absolute Gasteiger partial charge is 0.0205 e. The van der Waals surface area contributed by atoms with Crippen molar-refractivity contribution in [1.82, 2.24) is 0 Å². The Morgan fingerprint density at radius 1 is 1.07 bits per heavy atom. The molecule has 0 bridgehead atoms. The van der Waals surface area contributed by atoms with Crippen molar-refractivity contribution < 1.29 is 0 Å². The third-order valence-corrected chi connectivity index (χ3v) is 4.35. The van der Waals surface area contributed by atoms with Crippen molar-refractivity contribution in [3.63, 3.8) is 0 Å². The SMILES string of the molecule is CC(C)(C)C1CCC2C=CCCC2C1. The maximum atomic E-state index is 2.49. The van der Waals surface area contributed by atoms with E-state index in [0.29, 0.717) is 5.41 Å². The molecule has 0 saturated heterocycles. The summed E-state index contributed by atoms with van der Waals surface area (Å²) < 4.78 is 0. The lowest BCUT2D eigenvalue weighted by molar-refractivity contribution is 0.108. The van der Waals surface area contributed by atoms with Gasteiger partial charge in [0.2, 0.25) is 0 Å². The van der Waals surface area contributed by atoms with E-state index in [1.165, 1.54) is 32.1 Å². The molecule has 0 nitrogen and oxygen atoms in total. The largest absolute Gasteiger partial charge is 0.0882 e. The number of fused-ring (bicyclic) bond motifs is 1. The molecule has 2 rings (SSSR count). The van der Waals surface area contributed by atoms with Gasteiger partial charge in [-0.3, -0.25) is 0 Å². The van der Waals surface area contributed by atoms with Gasteiger partial charge in [0.15, 0.2) is 0 Å². The van der Waals surface area contributed by atoms with Crippen LogP contribution in [0.15, 0.2) is 12.2 Å². The van der Waals surface area contributed by atoms with Crippen molar-refractivity contribution in [2.45, 2.75) is 52.9 Å². The normalized spacial score (nSPS) is 38.1. The van der Waals surface area contributed by atoms with Crippen LogP contribution in [0.1, 0.15) is 52.9 Å². The Bertz CT molecular complexity index is 219. The highest BCUT2D eigenvalue weighted by molar-refractivity contribution is 5.00. The van der Waals surface area contributed by atoms with E-state index in [0.717, 1.165) is 17.8 Å². The van der Waals surface area contributed by atoms with Crippen LogP contribution in [0.3, 0.4) is 0 Å². The molecule has 14 heavy (non-hydrogen) atoms. The molecule has 0 heteroatoms. The van der Waals surface area contributed by atoms with Gasteiger partial charge in [-0.15, -0.1) is 0 Å². The molecule has 3 unspecified atom stereocenters. The van der Waals surface area contributed by atoms with Crippen molar-refractivity contribution in [3.8, 4) is 0 Å². The van der Waals surface area contributed by atoms with Gasteiger partial charge in [0.05, 0.1) is 0 Å². The molecule has 0 amide bonds. The molecular weight excluding hydrogens is 168 g/mol. The molecule has 2 aliphatic carbocycles. The van der Waals surface area contributed by atoms with Crippen molar-refractivity contribution in [2.24, 2.45) is 23.2 Å². The van der Waals surface area contributed by atoms with E-state index < -0.39 is 0 Å². The first-order valence-corrected chi connectivity index (χ1v) is 6.24. The molecule has 0 N–H and O–H groups in total. The molecule has 3 atom stereocenters. The third-order valence-electron chi connectivity index (χ3n) is 4.35. The van der Waals surface area contributed by atoms with Crippen LogP contribution < -0.4 is 0 Å². The van der Waals surface area contributed by atoms with Gasteiger partial charge in [0.25, 0.3) is 0 Å². The van der Waals surface area contributed by atoms with Crippen molar-refractivity contribution in [2.75, 3.05) is 0 Å². The second kappa shape index (κ2) is 3.72. The monoisotopic (exact) mass is 192 g/mol. The van der Waals surface area contributed by atoms with Crippen LogP contribution in [0, 0.1) is 23.2 Å². The maximum Gasteiger partial charge on any atom is -0.0205 e.